The van der Waals surface area contributed by atoms with Crippen LogP contribution in [0.2, 0.25) is 5.02 Å². The van der Waals surface area contributed by atoms with Crippen LogP contribution in [0.3, 0.4) is 0 Å². The third kappa shape index (κ3) is 3.83. The molecule has 0 aromatic heterocycles. The maximum Gasteiger partial charge on any atom is 0.339 e. The van der Waals surface area contributed by atoms with Crippen LogP contribution in [0.4, 0.5) is 5.69 Å². The number of benzene rings is 2. The second-order valence-corrected chi connectivity index (χ2v) is 7.13. The minimum absolute atomic E-state index is 0.0921. The fourth-order valence-corrected chi connectivity index (χ4v) is 3.28. The number of hydrogen-bond donors (Lipinski definition) is 1. The summed E-state index contributed by atoms with van der Waals surface area (Å²) in [5.41, 5.74) is 2.20. The molecule has 0 radical (unpaired) electrons. The van der Waals surface area contributed by atoms with Gasteiger partial charge in [0, 0.05) is 5.69 Å². The Balaban J connectivity index is 2.37. The van der Waals surface area contributed by atoms with E-state index < -0.39 is 16.0 Å². The summed E-state index contributed by atoms with van der Waals surface area (Å²) >= 11 is 5.92. The van der Waals surface area contributed by atoms with E-state index in [2.05, 4.69) is 9.46 Å². The smallest absolute Gasteiger partial charge is 0.339 e. The number of anilines is 1. The van der Waals surface area contributed by atoms with E-state index >= 15 is 0 Å². The Morgan fingerprint density at radius 1 is 1.09 bits per heavy atom. The average molecular weight is 354 g/mol. The van der Waals surface area contributed by atoms with Crippen LogP contribution in [0.1, 0.15) is 21.5 Å². The van der Waals surface area contributed by atoms with Gasteiger partial charge in [0.1, 0.15) is 0 Å². The number of carbonyl (C=O) groups excluding carboxylic acids is 1. The summed E-state index contributed by atoms with van der Waals surface area (Å²) in [6.45, 7) is 3.74. The number of halogens is 1. The molecule has 0 saturated heterocycles. The molecule has 0 aliphatic rings. The zero-order chi connectivity index (χ0) is 17.2. The molecule has 0 fully saturated rings. The van der Waals surface area contributed by atoms with Crippen molar-refractivity contribution < 1.29 is 17.9 Å². The summed E-state index contributed by atoms with van der Waals surface area (Å²) in [5.74, 6) is -0.637. The molecule has 0 saturated carbocycles. The van der Waals surface area contributed by atoms with Crippen molar-refractivity contribution >= 4 is 33.3 Å². The Morgan fingerprint density at radius 3 is 2.39 bits per heavy atom. The highest BCUT2D eigenvalue weighted by Crippen LogP contribution is 2.24. The molecule has 122 valence electrons. The SMILES string of the molecule is COC(=O)c1cc(NS(=O)(=O)c2ccc(C)c(C)c2)ccc1Cl. The van der Waals surface area contributed by atoms with Crippen molar-refractivity contribution in [3.63, 3.8) is 0 Å². The van der Waals surface area contributed by atoms with E-state index in [1.165, 1.54) is 31.4 Å². The summed E-state index contributed by atoms with van der Waals surface area (Å²) in [6.07, 6.45) is 0. The normalized spacial score (nSPS) is 11.1. The highest BCUT2D eigenvalue weighted by molar-refractivity contribution is 7.92. The zero-order valence-electron chi connectivity index (χ0n) is 12.9. The first kappa shape index (κ1) is 17.3. The van der Waals surface area contributed by atoms with Crippen molar-refractivity contribution in [3.8, 4) is 0 Å². The third-order valence-electron chi connectivity index (χ3n) is 3.41. The maximum atomic E-state index is 12.4. The lowest BCUT2D eigenvalue weighted by molar-refractivity contribution is 0.0601. The summed E-state index contributed by atoms with van der Waals surface area (Å²) in [5, 5.41) is 0.186. The van der Waals surface area contributed by atoms with Gasteiger partial charge in [-0.3, -0.25) is 4.72 Å². The summed E-state index contributed by atoms with van der Waals surface area (Å²) in [6, 6.07) is 9.12. The van der Waals surface area contributed by atoms with Crippen LogP contribution < -0.4 is 4.72 Å². The molecule has 0 atom stereocenters. The number of methoxy groups -OCH3 is 1. The first-order chi connectivity index (χ1) is 10.7. The van der Waals surface area contributed by atoms with E-state index in [1.807, 2.05) is 13.8 Å². The van der Waals surface area contributed by atoms with Crippen LogP contribution >= 0.6 is 11.6 Å². The van der Waals surface area contributed by atoms with Gasteiger partial charge in [0.15, 0.2) is 0 Å². The predicted molar refractivity (Wildman–Crippen MR) is 89.5 cm³/mol. The monoisotopic (exact) mass is 353 g/mol. The zero-order valence-corrected chi connectivity index (χ0v) is 14.5. The molecule has 5 nitrogen and oxygen atoms in total. The lowest BCUT2D eigenvalue weighted by Crippen LogP contribution is -2.14. The molecule has 23 heavy (non-hydrogen) atoms. The summed E-state index contributed by atoms with van der Waals surface area (Å²) in [4.78, 5) is 11.8. The number of aryl methyl sites for hydroxylation is 2. The highest BCUT2D eigenvalue weighted by atomic mass is 35.5. The van der Waals surface area contributed by atoms with Crippen LogP contribution in [0.15, 0.2) is 41.3 Å². The van der Waals surface area contributed by atoms with Gasteiger partial charge in [-0.05, 0) is 55.3 Å². The van der Waals surface area contributed by atoms with Crippen molar-refractivity contribution in [1.29, 1.82) is 0 Å². The number of carbonyl (C=O) groups is 1. The van der Waals surface area contributed by atoms with Crippen LogP contribution in [0, 0.1) is 13.8 Å². The van der Waals surface area contributed by atoms with E-state index in [0.29, 0.717) is 0 Å². The molecular weight excluding hydrogens is 338 g/mol. The van der Waals surface area contributed by atoms with Crippen molar-refractivity contribution in [3.05, 3.63) is 58.1 Å². The van der Waals surface area contributed by atoms with E-state index in [9.17, 15) is 13.2 Å². The van der Waals surface area contributed by atoms with E-state index in [0.717, 1.165) is 11.1 Å². The van der Waals surface area contributed by atoms with Crippen molar-refractivity contribution in [1.82, 2.24) is 0 Å². The Morgan fingerprint density at radius 2 is 1.78 bits per heavy atom. The van der Waals surface area contributed by atoms with Gasteiger partial charge in [-0.25, -0.2) is 13.2 Å². The van der Waals surface area contributed by atoms with Gasteiger partial charge in [-0.2, -0.15) is 0 Å². The maximum absolute atomic E-state index is 12.4. The Hall–Kier alpha value is -2.05. The summed E-state index contributed by atoms with van der Waals surface area (Å²) < 4.78 is 31.9. The third-order valence-corrected chi connectivity index (χ3v) is 5.12. The van der Waals surface area contributed by atoms with Crippen LogP contribution in [0.25, 0.3) is 0 Å². The highest BCUT2D eigenvalue weighted by Gasteiger charge is 2.17. The molecule has 0 spiro atoms. The van der Waals surface area contributed by atoms with Gasteiger partial charge in [-0.15, -0.1) is 0 Å². The number of rotatable bonds is 4. The average Bonchev–Trinajstić information content (AvgIpc) is 2.50. The van der Waals surface area contributed by atoms with Crippen molar-refractivity contribution in [2.24, 2.45) is 0 Å². The number of hydrogen-bond acceptors (Lipinski definition) is 4. The molecule has 1 N–H and O–H groups in total. The lowest BCUT2D eigenvalue weighted by Gasteiger charge is -2.11. The molecule has 7 heteroatoms. The summed E-state index contributed by atoms with van der Waals surface area (Å²) in [7, 11) is -2.53. The number of nitrogens with one attached hydrogen (secondary N) is 1. The van der Waals surface area contributed by atoms with Gasteiger partial charge in [0.2, 0.25) is 0 Å². The Bertz CT molecular complexity index is 862. The largest absolute Gasteiger partial charge is 0.465 e. The first-order valence-electron chi connectivity index (χ1n) is 6.72. The molecule has 2 rings (SSSR count). The van der Waals surface area contributed by atoms with E-state index in [4.69, 9.17) is 11.6 Å². The first-order valence-corrected chi connectivity index (χ1v) is 8.58. The number of ether oxygens (including phenoxy) is 1. The quantitative estimate of drug-likeness (QED) is 0.853. The molecule has 2 aromatic carbocycles. The fourth-order valence-electron chi connectivity index (χ4n) is 1.95. The van der Waals surface area contributed by atoms with Gasteiger partial charge < -0.3 is 4.74 Å². The van der Waals surface area contributed by atoms with Crippen LogP contribution in [-0.2, 0) is 14.8 Å². The van der Waals surface area contributed by atoms with E-state index in [-0.39, 0.29) is 21.2 Å². The minimum Gasteiger partial charge on any atom is -0.465 e. The minimum atomic E-state index is -3.76. The second kappa shape index (κ2) is 6.60. The standard InChI is InChI=1S/C16H16ClNO4S/c1-10-4-6-13(8-11(10)2)23(20,21)18-12-5-7-15(17)14(9-12)16(19)22-3/h4-9,18H,1-3H3. The van der Waals surface area contributed by atoms with Gasteiger partial charge in [0.05, 0.1) is 22.6 Å². The molecule has 0 aliphatic carbocycles. The van der Waals surface area contributed by atoms with E-state index in [1.54, 1.807) is 12.1 Å². The molecule has 0 bridgehead atoms. The number of sulfonamides is 1. The molecular formula is C16H16ClNO4S. The lowest BCUT2D eigenvalue weighted by atomic mass is 10.1. The van der Waals surface area contributed by atoms with Crippen LogP contribution in [-0.4, -0.2) is 21.5 Å². The van der Waals surface area contributed by atoms with Crippen molar-refractivity contribution in [2.75, 3.05) is 11.8 Å². The van der Waals surface area contributed by atoms with Gasteiger partial charge >= 0.3 is 5.97 Å². The molecule has 0 unspecified atom stereocenters. The second-order valence-electron chi connectivity index (χ2n) is 5.04. The Labute approximate surface area is 140 Å². The van der Waals surface area contributed by atoms with Gasteiger partial charge in [0.25, 0.3) is 10.0 Å². The molecule has 0 amide bonds. The molecule has 0 heterocycles. The predicted octanol–water partition coefficient (Wildman–Crippen LogP) is 3.54. The van der Waals surface area contributed by atoms with Crippen LogP contribution in [0.5, 0.6) is 0 Å². The topological polar surface area (TPSA) is 72.5 Å². The Kier molecular flexibility index (Phi) is 4.97. The molecule has 2 aromatic rings. The van der Waals surface area contributed by atoms with Gasteiger partial charge in [-0.1, -0.05) is 17.7 Å². The number of esters is 1. The van der Waals surface area contributed by atoms with Crippen molar-refractivity contribution in [2.45, 2.75) is 18.7 Å². The molecule has 0 aliphatic heterocycles. The fraction of sp³-hybridized carbons (Fsp3) is 0.188.